The summed E-state index contributed by atoms with van der Waals surface area (Å²) >= 11 is 0. The molecule has 0 unspecified atom stereocenters. The number of ether oxygens (including phenoxy) is 2. The normalized spacial score (nSPS) is 13.1. The lowest BCUT2D eigenvalue weighted by Crippen LogP contribution is -2.31. The Morgan fingerprint density at radius 1 is 1.14 bits per heavy atom. The van der Waals surface area contributed by atoms with Gasteiger partial charge in [-0.2, -0.15) is 0 Å². The van der Waals surface area contributed by atoms with E-state index in [0.717, 1.165) is 17.9 Å². The molecule has 0 aliphatic carbocycles. The van der Waals surface area contributed by atoms with Gasteiger partial charge in [0, 0.05) is 31.3 Å². The van der Waals surface area contributed by atoms with E-state index in [2.05, 4.69) is 22.2 Å². The van der Waals surface area contributed by atoms with Crippen molar-refractivity contribution in [3.63, 3.8) is 0 Å². The van der Waals surface area contributed by atoms with Crippen LogP contribution in [0.2, 0.25) is 0 Å². The Labute approximate surface area is 182 Å². The van der Waals surface area contributed by atoms with Crippen molar-refractivity contribution in [3.05, 3.63) is 66.5 Å². The van der Waals surface area contributed by atoms with Crippen LogP contribution in [0, 0.1) is 5.82 Å². The Kier molecular flexibility index (Phi) is 9.06. The summed E-state index contributed by atoms with van der Waals surface area (Å²) < 4.78 is 25.1. The number of halogens is 2. The van der Waals surface area contributed by atoms with Crippen LogP contribution in [0.3, 0.4) is 0 Å². The molecular weight excluding hydrogens is 472 g/mol. The van der Waals surface area contributed by atoms with E-state index < -0.39 is 0 Å². The molecule has 2 aromatic rings. The van der Waals surface area contributed by atoms with E-state index >= 15 is 0 Å². The minimum absolute atomic E-state index is 0. The quantitative estimate of drug-likeness (QED) is 0.269. The number of fused-ring (bicyclic) bond motifs is 1. The first-order valence-corrected chi connectivity index (χ1v) is 9.05. The number of rotatable bonds is 6. The van der Waals surface area contributed by atoms with Gasteiger partial charge in [-0.3, -0.25) is 4.99 Å². The van der Waals surface area contributed by atoms with Gasteiger partial charge in [0.2, 0.25) is 0 Å². The van der Waals surface area contributed by atoms with Crippen LogP contribution in [0.15, 0.2) is 60.1 Å². The molecule has 0 bridgehead atoms. The maximum absolute atomic E-state index is 13.7. The molecule has 1 aliphatic rings. The summed E-state index contributed by atoms with van der Waals surface area (Å²) in [6.07, 6.45) is 3.14. The van der Waals surface area contributed by atoms with Crippen LogP contribution in [0.5, 0.6) is 11.5 Å². The monoisotopic (exact) mass is 497 g/mol. The first kappa shape index (κ1) is 22.0. The van der Waals surface area contributed by atoms with Gasteiger partial charge in [-0.15, -0.1) is 30.6 Å². The van der Waals surface area contributed by atoms with Crippen LogP contribution in [-0.2, 0) is 6.42 Å². The third kappa shape index (κ3) is 6.40. The zero-order chi connectivity index (χ0) is 18.9. The summed E-state index contributed by atoms with van der Waals surface area (Å²) in [4.78, 5) is 4.53. The van der Waals surface area contributed by atoms with E-state index in [1.165, 1.54) is 6.07 Å². The summed E-state index contributed by atoms with van der Waals surface area (Å²) in [5.74, 6) is 1.85. The summed E-state index contributed by atoms with van der Waals surface area (Å²) in [6.45, 7) is 6.03. The van der Waals surface area contributed by atoms with Crippen LogP contribution < -0.4 is 20.1 Å². The molecule has 0 saturated heterocycles. The zero-order valence-corrected chi connectivity index (χ0v) is 17.9. The largest absolute Gasteiger partial charge is 0.490 e. The molecule has 0 saturated carbocycles. The van der Waals surface area contributed by atoms with E-state index in [1.807, 2.05) is 24.3 Å². The van der Waals surface area contributed by atoms with Gasteiger partial charge in [0.05, 0.1) is 13.2 Å². The maximum atomic E-state index is 13.7. The van der Waals surface area contributed by atoms with Crippen LogP contribution in [-0.4, -0.2) is 32.3 Å². The second-order valence-corrected chi connectivity index (χ2v) is 6.08. The predicted molar refractivity (Wildman–Crippen MR) is 122 cm³/mol. The molecule has 1 aliphatic heterocycles. The molecule has 150 valence electrons. The number of hydrogen-bond donors (Lipinski definition) is 2. The highest BCUT2D eigenvalue weighted by atomic mass is 127. The Morgan fingerprint density at radius 3 is 2.71 bits per heavy atom. The lowest BCUT2D eigenvalue weighted by atomic mass is 10.1. The Balaban J connectivity index is 0.00000280. The molecule has 0 fully saturated rings. The van der Waals surface area contributed by atoms with Crippen LogP contribution in [0.1, 0.15) is 12.0 Å². The number of guanidine groups is 1. The van der Waals surface area contributed by atoms with Gasteiger partial charge in [0.1, 0.15) is 5.82 Å². The second-order valence-electron chi connectivity index (χ2n) is 6.08. The van der Waals surface area contributed by atoms with Gasteiger partial charge in [0.25, 0.3) is 0 Å². The zero-order valence-electron chi connectivity index (χ0n) is 15.6. The average Bonchev–Trinajstić information content (AvgIpc) is 2.92. The standard InChI is InChI=1S/C21H24FN3O2.HI/c1-2-11-23-21(24-12-10-16-6-3-4-7-18(16)22)25-17-8-9-19-20(15-17)27-14-5-13-26-19;/h2-4,6-9,15H,1,5,10-14H2,(H2,23,24,25);1H. The van der Waals surface area contributed by atoms with Gasteiger partial charge in [-0.1, -0.05) is 24.3 Å². The Hall–Kier alpha value is -2.29. The smallest absolute Gasteiger partial charge is 0.196 e. The fraction of sp³-hybridized carbons (Fsp3) is 0.286. The molecule has 0 aromatic heterocycles. The van der Waals surface area contributed by atoms with Crippen LogP contribution in [0.25, 0.3) is 0 Å². The van der Waals surface area contributed by atoms with E-state index in [4.69, 9.17) is 9.47 Å². The first-order chi connectivity index (χ1) is 13.3. The lowest BCUT2D eigenvalue weighted by molar-refractivity contribution is 0.297. The molecule has 28 heavy (non-hydrogen) atoms. The predicted octanol–water partition coefficient (Wildman–Crippen LogP) is 4.39. The van der Waals surface area contributed by atoms with Gasteiger partial charge in [-0.25, -0.2) is 4.39 Å². The topological polar surface area (TPSA) is 54.9 Å². The number of nitrogens with zero attached hydrogens (tertiary/aromatic N) is 1. The van der Waals surface area contributed by atoms with Crippen molar-refractivity contribution in [2.75, 3.05) is 31.6 Å². The third-order valence-electron chi connectivity index (χ3n) is 4.03. The summed E-state index contributed by atoms with van der Waals surface area (Å²) in [7, 11) is 0. The van der Waals surface area contributed by atoms with Crippen molar-refractivity contribution in [3.8, 4) is 11.5 Å². The van der Waals surface area contributed by atoms with E-state index in [1.54, 1.807) is 18.2 Å². The molecule has 7 heteroatoms. The minimum Gasteiger partial charge on any atom is -0.490 e. The summed E-state index contributed by atoms with van der Waals surface area (Å²) in [5.41, 5.74) is 1.49. The Morgan fingerprint density at radius 2 is 1.93 bits per heavy atom. The minimum atomic E-state index is -0.204. The van der Waals surface area contributed by atoms with Gasteiger partial charge >= 0.3 is 0 Å². The van der Waals surface area contributed by atoms with Gasteiger partial charge < -0.3 is 20.1 Å². The fourth-order valence-corrected chi connectivity index (χ4v) is 2.68. The van der Waals surface area contributed by atoms with Crippen LogP contribution >= 0.6 is 24.0 Å². The van der Waals surface area contributed by atoms with E-state index in [9.17, 15) is 4.39 Å². The maximum Gasteiger partial charge on any atom is 0.196 e. The highest BCUT2D eigenvalue weighted by molar-refractivity contribution is 14.0. The molecule has 0 amide bonds. The molecule has 0 spiro atoms. The molecule has 2 aromatic carbocycles. The molecule has 2 N–H and O–H groups in total. The molecule has 5 nitrogen and oxygen atoms in total. The van der Waals surface area contributed by atoms with Gasteiger partial charge in [-0.05, 0) is 30.2 Å². The van der Waals surface area contributed by atoms with Crippen molar-refractivity contribution >= 4 is 35.6 Å². The Bertz CT molecular complexity index is 814. The lowest BCUT2D eigenvalue weighted by Gasteiger charge is -2.14. The van der Waals surface area contributed by atoms with Crippen molar-refractivity contribution in [2.45, 2.75) is 12.8 Å². The van der Waals surface area contributed by atoms with Crippen LogP contribution in [0.4, 0.5) is 10.1 Å². The molecular formula is C21H25FIN3O2. The van der Waals surface area contributed by atoms with E-state index in [0.29, 0.717) is 50.0 Å². The highest BCUT2D eigenvalue weighted by Gasteiger charge is 2.11. The number of benzene rings is 2. The summed E-state index contributed by atoms with van der Waals surface area (Å²) in [6, 6.07) is 12.4. The summed E-state index contributed by atoms with van der Waals surface area (Å²) in [5, 5.41) is 6.41. The molecule has 1 heterocycles. The fourth-order valence-electron chi connectivity index (χ4n) is 2.68. The number of hydrogen-bond acceptors (Lipinski definition) is 3. The first-order valence-electron chi connectivity index (χ1n) is 9.05. The number of anilines is 1. The molecule has 0 radical (unpaired) electrons. The van der Waals surface area contributed by atoms with Crippen molar-refractivity contribution in [1.29, 1.82) is 0 Å². The third-order valence-corrected chi connectivity index (χ3v) is 4.03. The molecule has 3 rings (SSSR count). The molecule has 0 atom stereocenters. The van der Waals surface area contributed by atoms with Crippen molar-refractivity contribution < 1.29 is 13.9 Å². The second kappa shape index (κ2) is 11.5. The average molecular weight is 497 g/mol. The van der Waals surface area contributed by atoms with Crippen molar-refractivity contribution in [1.82, 2.24) is 5.32 Å². The van der Waals surface area contributed by atoms with E-state index in [-0.39, 0.29) is 29.8 Å². The highest BCUT2D eigenvalue weighted by Crippen LogP contribution is 2.32. The van der Waals surface area contributed by atoms with Gasteiger partial charge in [0.15, 0.2) is 17.5 Å². The number of aliphatic imine (C=N–C) groups is 1. The SMILES string of the molecule is C=CCNC(=NCCc1ccccc1F)Nc1ccc2c(c1)OCCCO2.I. The number of nitrogens with one attached hydrogen (secondary N) is 2. The van der Waals surface area contributed by atoms with Crippen molar-refractivity contribution in [2.24, 2.45) is 4.99 Å².